The highest BCUT2D eigenvalue weighted by atomic mass is 15.1. The molecule has 0 spiro atoms. The van der Waals surface area contributed by atoms with Crippen LogP contribution in [0.4, 0.5) is 5.69 Å². The summed E-state index contributed by atoms with van der Waals surface area (Å²) in [7, 11) is 4.29. The van der Waals surface area contributed by atoms with Gasteiger partial charge in [-0.1, -0.05) is 24.6 Å². The Morgan fingerprint density at radius 2 is 1.89 bits per heavy atom. The van der Waals surface area contributed by atoms with Crippen molar-refractivity contribution in [3.8, 4) is 0 Å². The van der Waals surface area contributed by atoms with E-state index in [1.54, 1.807) is 0 Å². The Bertz CT molecular complexity index is 406. The van der Waals surface area contributed by atoms with E-state index in [9.17, 15) is 0 Å². The van der Waals surface area contributed by atoms with E-state index < -0.39 is 0 Å². The van der Waals surface area contributed by atoms with Crippen molar-refractivity contribution in [1.29, 1.82) is 0 Å². The van der Waals surface area contributed by atoms with Crippen molar-refractivity contribution in [3.63, 3.8) is 0 Å². The number of benzene rings is 1. The SMILES string of the molecule is CNCc1cc(C)ccc1N(C)C1CCC(C)CC1. The molecule has 1 fully saturated rings. The summed E-state index contributed by atoms with van der Waals surface area (Å²) in [5.74, 6) is 0.916. The lowest BCUT2D eigenvalue weighted by atomic mass is 9.86. The molecule has 2 rings (SSSR count). The van der Waals surface area contributed by atoms with Crippen molar-refractivity contribution in [2.75, 3.05) is 19.0 Å². The van der Waals surface area contributed by atoms with Crippen LogP contribution >= 0.6 is 0 Å². The monoisotopic (exact) mass is 260 g/mol. The van der Waals surface area contributed by atoms with Gasteiger partial charge in [0.2, 0.25) is 0 Å². The third-order valence-corrected chi connectivity index (χ3v) is 4.52. The third kappa shape index (κ3) is 3.50. The lowest BCUT2D eigenvalue weighted by Gasteiger charge is -2.36. The van der Waals surface area contributed by atoms with Gasteiger partial charge in [-0.25, -0.2) is 0 Å². The minimum Gasteiger partial charge on any atom is -0.371 e. The molecule has 19 heavy (non-hydrogen) atoms. The maximum Gasteiger partial charge on any atom is 0.0411 e. The summed E-state index contributed by atoms with van der Waals surface area (Å²) in [6, 6.07) is 7.55. The largest absolute Gasteiger partial charge is 0.371 e. The van der Waals surface area contributed by atoms with Gasteiger partial charge in [0.25, 0.3) is 0 Å². The van der Waals surface area contributed by atoms with E-state index in [1.807, 2.05) is 7.05 Å². The number of hydrogen-bond donors (Lipinski definition) is 1. The first-order chi connectivity index (χ1) is 9.11. The molecule has 0 amide bonds. The fraction of sp³-hybridized carbons (Fsp3) is 0.647. The molecule has 1 saturated carbocycles. The molecule has 1 N–H and O–H groups in total. The van der Waals surface area contributed by atoms with E-state index in [0.29, 0.717) is 0 Å². The van der Waals surface area contributed by atoms with Crippen LogP contribution in [0, 0.1) is 12.8 Å². The quantitative estimate of drug-likeness (QED) is 0.887. The third-order valence-electron chi connectivity index (χ3n) is 4.52. The van der Waals surface area contributed by atoms with Crippen LogP contribution in [0.1, 0.15) is 43.7 Å². The Hall–Kier alpha value is -1.02. The molecule has 0 radical (unpaired) electrons. The van der Waals surface area contributed by atoms with Crippen LogP contribution in [0.25, 0.3) is 0 Å². The summed E-state index contributed by atoms with van der Waals surface area (Å²) >= 11 is 0. The molecule has 106 valence electrons. The molecular weight excluding hydrogens is 232 g/mol. The number of anilines is 1. The van der Waals surface area contributed by atoms with Gasteiger partial charge in [-0.3, -0.25) is 0 Å². The van der Waals surface area contributed by atoms with Gasteiger partial charge in [0, 0.05) is 25.3 Å². The highest BCUT2D eigenvalue weighted by Gasteiger charge is 2.23. The van der Waals surface area contributed by atoms with Crippen LogP contribution < -0.4 is 10.2 Å². The molecule has 1 aromatic rings. The summed E-state index contributed by atoms with van der Waals surface area (Å²) in [6.07, 6.45) is 5.43. The minimum absolute atomic E-state index is 0.717. The number of rotatable bonds is 4. The maximum atomic E-state index is 3.29. The topological polar surface area (TPSA) is 15.3 Å². The lowest BCUT2D eigenvalue weighted by molar-refractivity contribution is 0.340. The molecular formula is C17H28N2. The van der Waals surface area contributed by atoms with Crippen molar-refractivity contribution in [2.45, 2.75) is 52.1 Å². The molecule has 0 aromatic heterocycles. The highest BCUT2D eigenvalue weighted by molar-refractivity contribution is 5.55. The molecule has 2 heteroatoms. The van der Waals surface area contributed by atoms with Crippen molar-refractivity contribution >= 4 is 5.69 Å². The summed E-state index contributed by atoms with van der Waals surface area (Å²) in [4.78, 5) is 2.51. The van der Waals surface area contributed by atoms with Crippen LogP contribution in [0.3, 0.4) is 0 Å². The Balaban J connectivity index is 2.15. The van der Waals surface area contributed by atoms with E-state index in [-0.39, 0.29) is 0 Å². The normalized spacial score (nSPS) is 23.4. The van der Waals surface area contributed by atoms with E-state index in [1.165, 1.54) is 42.5 Å². The average Bonchev–Trinajstić information content (AvgIpc) is 2.39. The molecule has 0 saturated heterocycles. The fourth-order valence-corrected chi connectivity index (χ4v) is 3.22. The fourth-order valence-electron chi connectivity index (χ4n) is 3.22. The smallest absolute Gasteiger partial charge is 0.0411 e. The Morgan fingerprint density at radius 3 is 2.53 bits per heavy atom. The highest BCUT2D eigenvalue weighted by Crippen LogP contribution is 2.31. The zero-order valence-electron chi connectivity index (χ0n) is 12.9. The van der Waals surface area contributed by atoms with Crippen LogP contribution in [0.5, 0.6) is 0 Å². The van der Waals surface area contributed by atoms with Crippen molar-refractivity contribution in [3.05, 3.63) is 29.3 Å². The predicted octanol–water partition coefficient (Wildman–Crippen LogP) is 3.73. The van der Waals surface area contributed by atoms with Crippen LogP contribution in [0.2, 0.25) is 0 Å². The number of nitrogens with zero attached hydrogens (tertiary/aromatic N) is 1. The van der Waals surface area contributed by atoms with Gasteiger partial charge in [0.1, 0.15) is 0 Å². The number of aryl methyl sites for hydroxylation is 1. The summed E-state index contributed by atoms with van der Waals surface area (Å²) in [5.41, 5.74) is 4.17. The lowest BCUT2D eigenvalue weighted by Crippen LogP contribution is -2.35. The van der Waals surface area contributed by atoms with Crippen molar-refractivity contribution in [2.24, 2.45) is 5.92 Å². The first-order valence-electron chi connectivity index (χ1n) is 7.58. The van der Waals surface area contributed by atoms with Gasteiger partial charge in [-0.2, -0.15) is 0 Å². The van der Waals surface area contributed by atoms with Gasteiger partial charge >= 0.3 is 0 Å². The van der Waals surface area contributed by atoms with E-state index in [0.717, 1.165) is 18.5 Å². The second-order valence-electron chi connectivity index (χ2n) is 6.19. The molecule has 1 aromatic carbocycles. The van der Waals surface area contributed by atoms with Gasteiger partial charge in [-0.05, 0) is 57.2 Å². The van der Waals surface area contributed by atoms with Crippen LogP contribution in [-0.4, -0.2) is 20.1 Å². The van der Waals surface area contributed by atoms with Crippen molar-refractivity contribution in [1.82, 2.24) is 5.32 Å². The standard InChI is InChI=1S/C17H28N2/c1-13-5-8-16(9-6-13)19(4)17-10-7-14(2)11-15(17)12-18-3/h7,10-11,13,16,18H,5-6,8-9,12H2,1-4H3. The molecule has 0 bridgehead atoms. The van der Waals surface area contributed by atoms with Crippen molar-refractivity contribution < 1.29 is 0 Å². The number of hydrogen-bond acceptors (Lipinski definition) is 2. The molecule has 1 aliphatic rings. The van der Waals surface area contributed by atoms with Gasteiger partial charge in [0.05, 0.1) is 0 Å². The summed E-state index contributed by atoms with van der Waals surface area (Å²) in [6.45, 7) is 5.50. The molecule has 1 aliphatic carbocycles. The van der Waals surface area contributed by atoms with E-state index in [4.69, 9.17) is 0 Å². The Morgan fingerprint density at radius 1 is 1.21 bits per heavy atom. The number of nitrogens with one attached hydrogen (secondary N) is 1. The molecule has 0 aliphatic heterocycles. The van der Waals surface area contributed by atoms with Crippen LogP contribution in [-0.2, 0) is 6.54 Å². The second kappa shape index (κ2) is 6.42. The zero-order chi connectivity index (χ0) is 13.8. The summed E-state index contributed by atoms with van der Waals surface area (Å²) < 4.78 is 0. The molecule has 0 heterocycles. The average molecular weight is 260 g/mol. The summed E-state index contributed by atoms with van der Waals surface area (Å²) in [5, 5.41) is 3.29. The van der Waals surface area contributed by atoms with Gasteiger partial charge < -0.3 is 10.2 Å². The van der Waals surface area contributed by atoms with Gasteiger partial charge in [-0.15, -0.1) is 0 Å². The second-order valence-corrected chi connectivity index (χ2v) is 6.19. The molecule has 2 nitrogen and oxygen atoms in total. The minimum atomic E-state index is 0.717. The first-order valence-corrected chi connectivity index (χ1v) is 7.58. The van der Waals surface area contributed by atoms with Crippen LogP contribution in [0.15, 0.2) is 18.2 Å². The Kier molecular flexibility index (Phi) is 4.87. The molecule has 0 unspecified atom stereocenters. The predicted molar refractivity (Wildman–Crippen MR) is 83.8 cm³/mol. The maximum absolute atomic E-state index is 3.29. The van der Waals surface area contributed by atoms with Gasteiger partial charge in [0.15, 0.2) is 0 Å². The van der Waals surface area contributed by atoms with E-state index in [2.05, 4.69) is 49.3 Å². The van der Waals surface area contributed by atoms with E-state index >= 15 is 0 Å². The zero-order valence-corrected chi connectivity index (χ0v) is 12.9. The Labute approximate surface area is 118 Å². The molecule has 0 atom stereocenters. The first kappa shape index (κ1) is 14.4.